The van der Waals surface area contributed by atoms with Crippen molar-refractivity contribution in [3.63, 3.8) is 0 Å². The number of hydrogen-bond acceptors (Lipinski definition) is 2. The molecular formula is C10H10BrFN2O. The minimum Gasteiger partial charge on any atom is -0.320 e. The largest absolute Gasteiger partial charge is 0.320 e. The van der Waals surface area contributed by atoms with Gasteiger partial charge in [-0.1, -0.05) is 15.9 Å². The molecule has 0 aromatic heterocycles. The normalized spacial score (nSPS) is 21.1. The molecule has 1 saturated heterocycles. The summed E-state index contributed by atoms with van der Waals surface area (Å²) in [5.41, 5.74) is 5.86. The monoisotopic (exact) mass is 272 g/mol. The second-order valence-electron chi connectivity index (χ2n) is 3.48. The van der Waals surface area contributed by atoms with Crippen LogP contribution >= 0.6 is 15.9 Å². The lowest BCUT2D eigenvalue weighted by Crippen LogP contribution is -2.34. The van der Waals surface area contributed by atoms with E-state index in [4.69, 9.17) is 5.73 Å². The molecule has 1 aromatic carbocycles. The zero-order valence-electron chi connectivity index (χ0n) is 7.91. The summed E-state index contributed by atoms with van der Waals surface area (Å²) in [5, 5.41) is 0. The molecular weight excluding hydrogens is 263 g/mol. The van der Waals surface area contributed by atoms with Crippen LogP contribution in [-0.2, 0) is 4.79 Å². The summed E-state index contributed by atoms with van der Waals surface area (Å²) in [4.78, 5) is 13.0. The van der Waals surface area contributed by atoms with Gasteiger partial charge in [0.1, 0.15) is 5.82 Å². The van der Waals surface area contributed by atoms with Crippen LogP contribution in [0.5, 0.6) is 0 Å². The van der Waals surface area contributed by atoms with Gasteiger partial charge in [0.15, 0.2) is 0 Å². The van der Waals surface area contributed by atoms with E-state index >= 15 is 0 Å². The summed E-state index contributed by atoms with van der Waals surface area (Å²) in [6.45, 7) is 0.480. The Kier molecular flexibility index (Phi) is 2.75. The van der Waals surface area contributed by atoms with Crippen LogP contribution in [0.2, 0.25) is 0 Å². The molecule has 1 aliphatic heterocycles. The predicted octanol–water partition coefficient (Wildman–Crippen LogP) is 1.65. The Morgan fingerprint density at radius 2 is 2.27 bits per heavy atom. The molecule has 0 radical (unpaired) electrons. The lowest BCUT2D eigenvalue weighted by Gasteiger charge is -2.17. The van der Waals surface area contributed by atoms with Crippen molar-refractivity contribution >= 4 is 27.5 Å². The van der Waals surface area contributed by atoms with Crippen molar-refractivity contribution in [2.24, 2.45) is 5.73 Å². The quantitative estimate of drug-likeness (QED) is 0.845. The minimum atomic E-state index is -0.497. The maximum absolute atomic E-state index is 13.5. The fraction of sp³-hybridized carbons (Fsp3) is 0.300. The molecule has 0 spiro atoms. The van der Waals surface area contributed by atoms with Crippen LogP contribution in [0.15, 0.2) is 22.7 Å². The Hall–Kier alpha value is -0.940. The van der Waals surface area contributed by atoms with Gasteiger partial charge < -0.3 is 10.6 Å². The maximum atomic E-state index is 13.5. The molecule has 15 heavy (non-hydrogen) atoms. The van der Waals surface area contributed by atoms with Crippen LogP contribution in [-0.4, -0.2) is 18.5 Å². The van der Waals surface area contributed by atoms with Crippen LogP contribution in [0.3, 0.4) is 0 Å². The fourth-order valence-electron chi connectivity index (χ4n) is 1.63. The summed E-state index contributed by atoms with van der Waals surface area (Å²) >= 11 is 3.24. The Bertz CT molecular complexity index is 410. The highest BCUT2D eigenvalue weighted by Crippen LogP contribution is 2.27. The number of carbonyl (C=O) groups excluding carboxylic acids is 1. The highest BCUT2D eigenvalue weighted by molar-refractivity contribution is 9.10. The average molecular weight is 273 g/mol. The van der Waals surface area contributed by atoms with E-state index in [1.165, 1.54) is 11.0 Å². The number of halogens is 2. The zero-order valence-corrected chi connectivity index (χ0v) is 9.50. The number of benzene rings is 1. The standard InChI is InChI=1S/C10H10BrFN2O/c11-6-1-2-7(12)9(5-6)14-4-3-8(13)10(14)15/h1-2,5,8H,3-4,13H2. The first-order valence-electron chi connectivity index (χ1n) is 4.61. The molecule has 3 nitrogen and oxygen atoms in total. The highest BCUT2D eigenvalue weighted by Gasteiger charge is 2.31. The molecule has 5 heteroatoms. The van der Waals surface area contributed by atoms with Gasteiger partial charge in [0.25, 0.3) is 0 Å². The fourth-order valence-corrected chi connectivity index (χ4v) is 1.98. The highest BCUT2D eigenvalue weighted by atomic mass is 79.9. The van der Waals surface area contributed by atoms with Gasteiger partial charge in [-0.2, -0.15) is 0 Å². The van der Waals surface area contributed by atoms with Crippen LogP contribution < -0.4 is 10.6 Å². The Morgan fingerprint density at radius 1 is 1.53 bits per heavy atom. The summed E-state index contributed by atoms with van der Waals surface area (Å²) in [5.74, 6) is -0.618. The molecule has 2 rings (SSSR count). The number of anilines is 1. The van der Waals surface area contributed by atoms with E-state index in [0.717, 1.165) is 4.47 Å². The van der Waals surface area contributed by atoms with Crippen LogP contribution in [0, 0.1) is 5.82 Å². The van der Waals surface area contributed by atoms with Crippen molar-refractivity contribution in [2.45, 2.75) is 12.5 Å². The van der Waals surface area contributed by atoms with Gasteiger partial charge in [-0.25, -0.2) is 4.39 Å². The molecule has 1 aliphatic rings. The summed E-state index contributed by atoms with van der Waals surface area (Å²) in [6.07, 6.45) is 0.574. The number of carbonyl (C=O) groups is 1. The Labute approximate surface area is 95.2 Å². The molecule has 1 aromatic rings. The number of nitrogens with two attached hydrogens (primary N) is 1. The van der Waals surface area contributed by atoms with Crippen molar-refractivity contribution in [2.75, 3.05) is 11.4 Å². The van der Waals surface area contributed by atoms with Crippen LogP contribution in [0.1, 0.15) is 6.42 Å². The topological polar surface area (TPSA) is 46.3 Å². The third-order valence-corrected chi connectivity index (χ3v) is 2.94. The van der Waals surface area contributed by atoms with Gasteiger partial charge in [-0.05, 0) is 24.6 Å². The SMILES string of the molecule is NC1CCN(c2cc(Br)ccc2F)C1=O. The second-order valence-corrected chi connectivity index (χ2v) is 4.40. The van der Waals surface area contributed by atoms with Gasteiger partial charge in [-0.3, -0.25) is 4.79 Å². The molecule has 80 valence electrons. The van der Waals surface area contributed by atoms with Crippen LogP contribution in [0.25, 0.3) is 0 Å². The van der Waals surface area contributed by atoms with Gasteiger partial charge in [-0.15, -0.1) is 0 Å². The Balaban J connectivity index is 2.37. The van der Waals surface area contributed by atoms with E-state index in [1.54, 1.807) is 12.1 Å². The van der Waals surface area contributed by atoms with Crippen molar-refractivity contribution in [3.05, 3.63) is 28.5 Å². The molecule has 1 heterocycles. The van der Waals surface area contributed by atoms with Crippen molar-refractivity contribution in [1.29, 1.82) is 0 Å². The molecule has 0 aliphatic carbocycles. The first-order chi connectivity index (χ1) is 7.09. The third kappa shape index (κ3) is 1.89. The first-order valence-corrected chi connectivity index (χ1v) is 5.41. The van der Waals surface area contributed by atoms with E-state index in [0.29, 0.717) is 18.7 Å². The molecule has 1 unspecified atom stereocenters. The summed E-state index contributed by atoms with van der Waals surface area (Å²) < 4.78 is 14.2. The van der Waals surface area contributed by atoms with Gasteiger partial charge in [0.2, 0.25) is 5.91 Å². The van der Waals surface area contributed by atoms with E-state index in [-0.39, 0.29) is 5.91 Å². The summed E-state index contributed by atoms with van der Waals surface area (Å²) in [6, 6.07) is 4.02. The van der Waals surface area contributed by atoms with Gasteiger partial charge >= 0.3 is 0 Å². The zero-order chi connectivity index (χ0) is 11.0. The van der Waals surface area contributed by atoms with Gasteiger partial charge in [0, 0.05) is 11.0 Å². The molecule has 1 atom stereocenters. The third-order valence-electron chi connectivity index (χ3n) is 2.45. The van der Waals surface area contributed by atoms with E-state index in [2.05, 4.69) is 15.9 Å². The lowest BCUT2D eigenvalue weighted by atomic mass is 10.2. The molecule has 1 fully saturated rings. The van der Waals surface area contributed by atoms with Gasteiger partial charge in [0.05, 0.1) is 11.7 Å². The lowest BCUT2D eigenvalue weighted by molar-refractivity contribution is -0.118. The van der Waals surface area contributed by atoms with Crippen molar-refractivity contribution in [3.8, 4) is 0 Å². The molecule has 0 saturated carbocycles. The van der Waals surface area contributed by atoms with E-state index in [1.807, 2.05) is 0 Å². The van der Waals surface area contributed by atoms with Crippen molar-refractivity contribution < 1.29 is 9.18 Å². The number of hydrogen-bond donors (Lipinski definition) is 1. The molecule has 0 bridgehead atoms. The second kappa shape index (κ2) is 3.90. The number of nitrogens with zero attached hydrogens (tertiary/aromatic N) is 1. The average Bonchev–Trinajstić information content (AvgIpc) is 2.52. The van der Waals surface area contributed by atoms with E-state index < -0.39 is 11.9 Å². The predicted molar refractivity (Wildman–Crippen MR) is 59.0 cm³/mol. The molecule has 2 N–H and O–H groups in total. The van der Waals surface area contributed by atoms with Crippen LogP contribution in [0.4, 0.5) is 10.1 Å². The minimum absolute atomic E-state index is 0.216. The number of amides is 1. The molecule has 1 amide bonds. The summed E-state index contributed by atoms with van der Waals surface area (Å²) in [7, 11) is 0. The first kappa shape index (κ1) is 10.6. The maximum Gasteiger partial charge on any atom is 0.244 e. The smallest absolute Gasteiger partial charge is 0.244 e. The number of rotatable bonds is 1. The Morgan fingerprint density at radius 3 is 2.87 bits per heavy atom. The van der Waals surface area contributed by atoms with Crippen molar-refractivity contribution in [1.82, 2.24) is 0 Å². The van der Waals surface area contributed by atoms with E-state index in [9.17, 15) is 9.18 Å².